The van der Waals surface area contributed by atoms with Gasteiger partial charge in [0.1, 0.15) is 18.1 Å². The number of halogens is 1. The summed E-state index contributed by atoms with van der Waals surface area (Å²) in [7, 11) is 0. The minimum Gasteiger partial charge on any atom is -0.480 e. The summed E-state index contributed by atoms with van der Waals surface area (Å²) in [5, 5.41) is 15.4. The molecule has 3 aromatic rings. The smallest absolute Gasteiger partial charge is 0.326 e. The monoisotopic (exact) mass is 547 g/mol. The summed E-state index contributed by atoms with van der Waals surface area (Å²) in [6.45, 7) is 3.35. The minimum absolute atomic E-state index is 0.0543. The Bertz CT molecular complexity index is 1340. The van der Waals surface area contributed by atoms with Gasteiger partial charge in [0, 0.05) is 17.9 Å². The molecule has 1 aliphatic heterocycles. The lowest BCUT2D eigenvalue weighted by Gasteiger charge is -2.27. The molecule has 1 saturated heterocycles. The molecule has 4 amide bonds. The maximum Gasteiger partial charge on any atom is 0.326 e. The fourth-order valence-corrected chi connectivity index (χ4v) is 4.72. The zero-order chi connectivity index (χ0) is 28.1. The van der Waals surface area contributed by atoms with Crippen LogP contribution in [0.1, 0.15) is 25.0 Å². The molecule has 4 rings (SSSR count). The zero-order valence-electron chi connectivity index (χ0n) is 21.6. The Hall–Kier alpha value is -4.17. The number of nitrogens with zero attached hydrogens (tertiary/aromatic N) is 1. The van der Waals surface area contributed by atoms with Gasteiger partial charge >= 0.3 is 12.0 Å². The Morgan fingerprint density at radius 3 is 2.08 bits per heavy atom. The first-order valence-corrected chi connectivity index (χ1v) is 13.1. The van der Waals surface area contributed by atoms with Crippen LogP contribution >= 0.6 is 11.6 Å². The molecule has 0 unspecified atom stereocenters. The van der Waals surface area contributed by atoms with Crippen LogP contribution in [0.2, 0.25) is 5.02 Å². The van der Waals surface area contributed by atoms with Gasteiger partial charge in [-0.15, -0.1) is 0 Å². The number of rotatable bonds is 10. The quantitative estimate of drug-likeness (QED) is 0.327. The zero-order valence-corrected chi connectivity index (χ0v) is 22.4. The van der Waals surface area contributed by atoms with E-state index in [2.05, 4.69) is 10.6 Å². The molecule has 0 aliphatic carbocycles. The Morgan fingerprint density at radius 1 is 0.923 bits per heavy atom. The van der Waals surface area contributed by atoms with Crippen molar-refractivity contribution in [2.45, 2.75) is 44.8 Å². The highest BCUT2D eigenvalue weighted by molar-refractivity contribution is 6.30. The SMILES string of the molecule is CC(C)[C@H](NC(=O)[C@H](Cc1ccccc1)N1C(=O)N[C@@H](Cc2ccc(-c3ccc(Cl)cc3)cc2)C1=O)C(=O)O. The number of carbonyl (C=O) groups excluding carboxylic acids is 3. The topological polar surface area (TPSA) is 116 Å². The average Bonchev–Trinajstić information content (AvgIpc) is 3.19. The number of hydrogen-bond donors (Lipinski definition) is 3. The van der Waals surface area contributed by atoms with Crippen molar-refractivity contribution in [3.63, 3.8) is 0 Å². The van der Waals surface area contributed by atoms with Crippen molar-refractivity contribution in [3.8, 4) is 11.1 Å². The van der Waals surface area contributed by atoms with Crippen molar-refractivity contribution in [3.05, 3.63) is 95.0 Å². The fourth-order valence-electron chi connectivity index (χ4n) is 4.59. The lowest BCUT2D eigenvalue weighted by atomic mass is 9.99. The lowest BCUT2D eigenvalue weighted by Crippen LogP contribution is -2.55. The van der Waals surface area contributed by atoms with Crippen LogP contribution < -0.4 is 10.6 Å². The van der Waals surface area contributed by atoms with E-state index in [4.69, 9.17) is 11.6 Å². The molecular weight excluding hydrogens is 518 g/mol. The van der Waals surface area contributed by atoms with Crippen LogP contribution in [0.3, 0.4) is 0 Å². The Labute approximate surface area is 232 Å². The van der Waals surface area contributed by atoms with Crippen LogP contribution in [0.4, 0.5) is 4.79 Å². The molecule has 1 aliphatic rings. The number of benzene rings is 3. The van der Waals surface area contributed by atoms with Crippen LogP contribution in [-0.4, -0.2) is 51.9 Å². The molecule has 3 N–H and O–H groups in total. The highest BCUT2D eigenvalue weighted by atomic mass is 35.5. The second-order valence-corrected chi connectivity index (χ2v) is 10.3. The van der Waals surface area contributed by atoms with Crippen LogP contribution in [0.15, 0.2) is 78.9 Å². The Balaban J connectivity index is 1.53. The van der Waals surface area contributed by atoms with Crippen molar-refractivity contribution in [1.82, 2.24) is 15.5 Å². The van der Waals surface area contributed by atoms with E-state index in [0.717, 1.165) is 27.2 Å². The molecule has 9 heteroatoms. The van der Waals surface area contributed by atoms with E-state index in [1.165, 1.54) is 0 Å². The summed E-state index contributed by atoms with van der Waals surface area (Å²) < 4.78 is 0. The average molecular weight is 548 g/mol. The first kappa shape index (κ1) is 27.9. The third-order valence-electron chi connectivity index (χ3n) is 6.74. The van der Waals surface area contributed by atoms with Crippen LogP contribution in [-0.2, 0) is 27.2 Å². The van der Waals surface area contributed by atoms with Gasteiger partial charge in [-0.3, -0.25) is 9.59 Å². The van der Waals surface area contributed by atoms with Gasteiger partial charge in [-0.2, -0.15) is 0 Å². The molecule has 0 aromatic heterocycles. The van der Waals surface area contributed by atoms with E-state index in [9.17, 15) is 24.3 Å². The van der Waals surface area contributed by atoms with Crippen molar-refractivity contribution >= 4 is 35.4 Å². The predicted molar refractivity (Wildman–Crippen MR) is 148 cm³/mol. The standard InChI is InChI=1S/C30H30ClN3O5/c1-18(2)26(29(37)38)33-27(35)25(17-19-6-4-3-5-7-19)34-28(36)24(32-30(34)39)16-20-8-10-21(11-9-20)22-12-14-23(31)15-13-22/h3-15,18,24-26H,16-17H2,1-2H3,(H,32,39)(H,33,35)(H,37,38)/t24-,25-,26-/m0/s1. The molecule has 0 bridgehead atoms. The summed E-state index contributed by atoms with van der Waals surface area (Å²) >= 11 is 5.97. The van der Waals surface area contributed by atoms with Crippen molar-refractivity contribution < 1.29 is 24.3 Å². The summed E-state index contributed by atoms with van der Waals surface area (Å²) in [6.07, 6.45) is 0.296. The number of nitrogens with one attached hydrogen (secondary N) is 2. The third-order valence-corrected chi connectivity index (χ3v) is 6.99. The molecule has 8 nitrogen and oxygen atoms in total. The van der Waals surface area contributed by atoms with Crippen molar-refractivity contribution in [2.75, 3.05) is 0 Å². The van der Waals surface area contributed by atoms with Crippen LogP contribution in [0.5, 0.6) is 0 Å². The molecule has 3 atom stereocenters. The summed E-state index contributed by atoms with van der Waals surface area (Å²) in [5.74, 6) is -2.81. The molecule has 0 radical (unpaired) electrons. The van der Waals surface area contributed by atoms with Crippen molar-refractivity contribution in [2.24, 2.45) is 5.92 Å². The largest absolute Gasteiger partial charge is 0.480 e. The first-order valence-electron chi connectivity index (χ1n) is 12.7. The van der Waals surface area contributed by atoms with E-state index in [1.807, 2.05) is 54.6 Å². The van der Waals surface area contributed by atoms with Crippen LogP contribution in [0.25, 0.3) is 11.1 Å². The van der Waals surface area contributed by atoms with E-state index in [-0.39, 0.29) is 12.8 Å². The van der Waals surface area contributed by atoms with E-state index in [0.29, 0.717) is 5.02 Å². The maximum absolute atomic E-state index is 13.5. The number of amides is 4. The maximum atomic E-state index is 13.5. The van der Waals surface area contributed by atoms with Crippen molar-refractivity contribution in [1.29, 1.82) is 0 Å². The number of hydrogen-bond acceptors (Lipinski definition) is 4. The fraction of sp³-hybridized carbons (Fsp3) is 0.267. The van der Waals surface area contributed by atoms with Gasteiger partial charge in [0.15, 0.2) is 0 Å². The summed E-state index contributed by atoms with van der Waals surface area (Å²) in [4.78, 5) is 52.5. The Morgan fingerprint density at radius 2 is 1.51 bits per heavy atom. The summed E-state index contributed by atoms with van der Waals surface area (Å²) in [5.41, 5.74) is 3.55. The van der Waals surface area contributed by atoms with Gasteiger partial charge in [-0.05, 0) is 40.3 Å². The third kappa shape index (κ3) is 6.64. The predicted octanol–water partition coefficient (Wildman–Crippen LogP) is 4.31. The van der Waals surface area contributed by atoms with Crippen LogP contribution in [0, 0.1) is 5.92 Å². The van der Waals surface area contributed by atoms with Gasteiger partial charge < -0.3 is 15.7 Å². The highest BCUT2D eigenvalue weighted by Gasteiger charge is 2.45. The number of imide groups is 1. The van der Waals surface area contributed by atoms with Gasteiger partial charge in [0.05, 0.1) is 0 Å². The molecule has 1 fully saturated rings. The Kier molecular flexibility index (Phi) is 8.66. The van der Waals surface area contributed by atoms with Gasteiger partial charge in [0.25, 0.3) is 5.91 Å². The molecule has 39 heavy (non-hydrogen) atoms. The molecule has 0 saturated carbocycles. The summed E-state index contributed by atoms with van der Waals surface area (Å²) in [6, 6.07) is 20.2. The van der Waals surface area contributed by atoms with E-state index < -0.39 is 47.9 Å². The van der Waals surface area contributed by atoms with Gasteiger partial charge in [-0.25, -0.2) is 14.5 Å². The van der Waals surface area contributed by atoms with Gasteiger partial charge in [-0.1, -0.05) is 92.2 Å². The molecule has 202 valence electrons. The number of carboxylic acids is 1. The second kappa shape index (κ2) is 12.1. The number of carboxylic acid groups (broad SMARTS) is 1. The highest BCUT2D eigenvalue weighted by Crippen LogP contribution is 2.24. The number of aliphatic carboxylic acids is 1. The normalized spacial score (nSPS) is 16.6. The second-order valence-electron chi connectivity index (χ2n) is 9.89. The number of urea groups is 1. The molecular formula is C30H30ClN3O5. The van der Waals surface area contributed by atoms with Gasteiger partial charge in [0.2, 0.25) is 5.91 Å². The molecule has 3 aromatic carbocycles. The molecule has 0 spiro atoms. The van der Waals surface area contributed by atoms with E-state index >= 15 is 0 Å². The molecule has 1 heterocycles. The minimum atomic E-state index is -1.21. The number of carbonyl (C=O) groups is 4. The lowest BCUT2D eigenvalue weighted by molar-refractivity contribution is -0.144. The van der Waals surface area contributed by atoms with E-state index in [1.54, 1.807) is 38.1 Å². The first-order chi connectivity index (χ1) is 18.6.